The van der Waals surface area contributed by atoms with Crippen LogP contribution in [0.25, 0.3) is 11.0 Å². The first-order chi connectivity index (χ1) is 14.5. The van der Waals surface area contributed by atoms with Gasteiger partial charge in [-0.2, -0.15) is 5.10 Å². The van der Waals surface area contributed by atoms with E-state index in [1.807, 2.05) is 17.8 Å². The fraction of sp³-hybridized carbons (Fsp3) is 0.619. The van der Waals surface area contributed by atoms with Gasteiger partial charge in [-0.25, -0.2) is 9.67 Å². The van der Waals surface area contributed by atoms with Crippen LogP contribution >= 0.6 is 0 Å². The molecular weight excluding hydrogens is 386 g/mol. The van der Waals surface area contributed by atoms with Gasteiger partial charge in [0.15, 0.2) is 5.65 Å². The van der Waals surface area contributed by atoms with Crippen LogP contribution in [0.2, 0.25) is 0 Å². The highest BCUT2D eigenvalue weighted by Crippen LogP contribution is 2.48. The van der Waals surface area contributed by atoms with Gasteiger partial charge in [0.2, 0.25) is 0 Å². The van der Waals surface area contributed by atoms with Crippen molar-refractivity contribution in [2.75, 3.05) is 18.5 Å². The second-order valence-corrected chi connectivity index (χ2v) is 8.61. The molecule has 5 rings (SSSR count). The third-order valence-electron chi connectivity index (χ3n) is 6.54. The van der Waals surface area contributed by atoms with Crippen LogP contribution in [0.3, 0.4) is 0 Å². The summed E-state index contributed by atoms with van der Waals surface area (Å²) in [4.78, 5) is 21.7. The van der Waals surface area contributed by atoms with E-state index in [2.05, 4.69) is 22.5 Å². The molecule has 0 bridgehead atoms. The molecule has 30 heavy (non-hydrogen) atoms. The van der Waals surface area contributed by atoms with Gasteiger partial charge in [-0.1, -0.05) is 5.16 Å². The Kier molecular flexibility index (Phi) is 4.65. The number of carbonyl (C=O) groups is 1. The standard InChI is InChI=1S/C21H27N5O4/c1-3-26-19-17(12(2)24-26)18(23-14-4-6-29-7-5-14)15(11-22-19)16-10-21(30-25-16)8-13(9-21)20(27)28/h11,13-14H,3-10H2,1-2H3,(H,22,23)(H,27,28). The molecule has 1 aliphatic carbocycles. The second kappa shape index (κ2) is 7.23. The maximum Gasteiger partial charge on any atom is 0.306 e. The number of anilines is 1. The molecule has 1 spiro atoms. The molecule has 9 heteroatoms. The van der Waals surface area contributed by atoms with Gasteiger partial charge in [-0.3, -0.25) is 4.79 Å². The zero-order chi connectivity index (χ0) is 20.9. The van der Waals surface area contributed by atoms with E-state index in [0.29, 0.717) is 25.3 Å². The monoisotopic (exact) mass is 413 g/mol. The molecule has 3 aliphatic rings. The van der Waals surface area contributed by atoms with Crippen LogP contribution < -0.4 is 5.32 Å². The number of ether oxygens (including phenoxy) is 1. The van der Waals surface area contributed by atoms with Gasteiger partial charge in [-0.05, 0) is 26.7 Å². The molecule has 0 unspecified atom stereocenters. The molecule has 9 nitrogen and oxygen atoms in total. The van der Waals surface area contributed by atoms with Gasteiger partial charge < -0.3 is 20.0 Å². The number of carboxylic acids is 1. The van der Waals surface area contributed by atoms with Crippen molar-refractivity contribution in [3.63, 3.8) is 0 Å². The van der Waals surface area contributed by atoms with E-state index in [1.54, 1.807) is 0 Å². The lowest BCUT2D eigenvalue weighted by molar-refractivity contribution is -0.162. The summed E-state index contributed by atoms with van der Waals surface area (Å²) >= 11 is 0. The third kappa shape index (κ3) is 3.12. The molecule has 0 aromatic carbocycles. The Hall–Kier alpha value is -2.68. The number of aliphatic carboxylic acids is 1. The Morgan fingerprint density at radius 3 is 2.83 bits per heavy atom. The minimum atomic E-state index is -0.759. The zero-order valence-corrected chi connectivity index (χ0v) is 17.3. The van der Waals surface area contributed by atoms with Crippen LogP contribution in [0.1, 0.15) is 50.3 Å². The number of aryl methyl sites for hydroxylation is 2. The first-order valence-electron chi connectivity index (χ1n) is 10.7. The fourth-order valence-corrected chi connectivity index (χ4v) is 4.85. The number of nitrogens with zero attached hydrogens (tertiary/aromatic N) is 4. The average molecular weight is 413 g/mol. The van der Waals surface area contributed by atoms with Crippen LogP contribution in [-0.4, -0.2) is 56.4 Å². The van der Waals surface area contributed by atoms with Crippen LogP contribution in [-0.2, 0) is 20.9 Å². The summed E-state index contributed by atoms with van der Waals surface area (Å²) in [5.74, 6) is -1.10. The number of aromatic nitrogens is 3. The minimum Gasteiger partial charge on any atom is -0.481 e. The van der Waals surface area contributed by atoms with Gasteiger partial charge in [-0.15, -0.1) is 0 Å². The molecule has 0 atom stereocenters. The minimum absolute atomic E-state index is 0.310. The fourth-order valence-electron chi connectivity index (χ4n) is 4.85. The Balaban J connectivity index is 1.51. The smallest absolute Gasteiger partial charge is 0.306 e. The predicted molar refractivity (Wildman–Crippen MR) is 111 cm³/mol. The quantitative estimate of drug-likeness (QED) is 0.775. The van der Waals surface area contributed by atoms with E-state index in [4.69, 9.17) is 14.6 Å². The molecule has 0 amide bonds. The van der Waals surface area contributed by atoms with Crippen molar-refractivity contribution in [1.82, 2.24) is 14.8 Å². The summed E-state index contributed by atoms with van der Waals surface area (Å²) in [6, 6.07) is 0.310. The normalized spacial score (nSPS) is 26.5. The SMILES string of the molecule is CCn1nc(C)c2c(NC3CCOCC3)c(C3=NOC4(C3)CC(C(=O)O)C4)cnc21. The van der Waals surface area contributed by atoms with Crippen molar-refractivity contribution in [3.8, 4) is 0 Å². The number of rotatable bonds is 5. The summed E-state index contributed by atoms with van der Waals surface area (Å²) in [7, 11) is 0. The second-order valence-electron chi connectivity index (χ2n) is 8.61. The highest BCUT2D eigenvalue weighted by Gasteiger charge is 2.53. The Bertz CT molecular complexity index is 1020. The van der Waals surface area contributed by atoms with Gasteiger partial charge >= 0.3 is 5.97 Å². The summed E-state index contributed by atoms with van der Waals surface area (Å²) < 4.78 is 7.44. The van der Waals surface area contributed by atoms with E-state index >= 15 is 0 Å². The molecule has 4 heterocycles. The van der Waals surface area contributed by atoms with Gasteiger partial charge in [0.1, 0.15) is 5.60 Å². The van der Waals surface area contributed by atoms with E-state index in [9.17, 15) is 9.90 Å². The number of hydrogen-bond acceptors (Lipinski definition) is 7. The molecule has 2 aromatic heterocycles. The number of hydrogen-bond donors (Lipinski definition) is 2. The molecular formula is C21H27N5O4. The van der Waals surface area contributed by atoms with Crippen LogP contribution in [0, 0.1) is 12.8 Å². The van der Waals surface area contributed by atoms with Gasteiger partial charge in [0.25, 0.3) is 0 Å². The largest absolute Gasteiger partial charge is 0.481 e. The average Bonchev–Trinajstić information content (AvgIpc) is 3.30. The summed E-state index contributed by atoms with van der Waals surface area (Å²) in [6.45, 7) is 6.31. The van der Waals surface area contributed by atoms with Crippen molar-refractivity contribution >= 4 is 28.4 Å². The first kappa shape index (κ1) is 19.3. The number of fused-ring (bicyclic) bond motifs is 1. The van der Waals surface area contributed by atoms with E-state index < -0.39 is 11.6 Å². The molecule has 1 saturated carbocycles. The zero-order valence-electron chi connectivity index (χ0n) is 17.3. The lowest BCUT2D eigenvalue weighted by atomic mass is 9.68. The summed E-state index contributed by atoms with van der Waals surface area (Å²) in [5, 5.41) is 23.0. The van der Waals surface area contributed by atoms with Crippen molar-refractivity contribution in [1.29, 1.82) is 0 Å². The maximum atomic E-state index is 11.2. The maximum absolute atomic E-state index is 11.2. The van der Waals surface area contributed by atoms with Crippen molar-refractivity contribution in [3.05, 3.63) is 17.5 Å². The van der Waals surface area contributed by atoms with Gasteiger partial charge in [0.05, 0.1) is 28.4 Å². The first-order valence-corrected chi connectivity index (χ1v) is 10.7. The Morgan fingerprint density at radius 2 is 2.13 bits per heavy atom. The molecule has 2 N–H and O–H groups in total. The highest BCUT2D eigenvalue weighted by atomic mass is 16.7. The van der Waals surface area contributed by atoms with Crippen molar-refractivity contribution < 1.29 is 19.5 Å². The van der Waals surface area contributed by atoms with E-state index in [-0.39, 0.29) is 5.92 Å². The van der Waals surface area contributed by atoms with Crippen molar-refractivity contribution in [2.24, 2.45) is 11.1 Å². The highest BCUT2D eigenvalue weighted by molar-refractivity contribution is 6.11. The third-order valence-corrected chi connectivity index (χ3v) is 6.54. The Morgan fingerprint density at radius 1 is 1.37 bits per heavy atom. The lowest BCUT2D eigenvalue weighted by Crippen LogP contribution is -2.47. The van der Waals surface area contributed by atoms with Gasteiger partial charge in [0, 0.05) is 56.8 Å². The molecule has 160 valence electrons. The Labute approximate surface area is 174 Å². The predicted octanol–water partition coefficient (Wildman–Crippen LogP) is 2.71. The number of oxime groups is 1. The molecule has 1 saturated heterocycles. The van der Waals surface area contributed by atoms with Crippen LogP contribution in [0.15, 0.2) is 11.4 Å². The summed E-state index contributed by atoms with van der Waals surface area (Å²) in [6.07, 6.45) is 5.34. The topological polar surface area (TPSA) is 111 Å². The summed E-state index contributed by atoms with van der Waals surface area (Å²) in [5.41, 5.74) is 4.05. The molecule has 2 fully saturated rings. The molecule has 2 aromatic rings. The van der Waals surface area contributed by atoms with Crippen molar-refractivity contribution in [2.45, 2.75) is 64.1 Å². The van der Waals surface area contributed by atoms with Crippen LogP contribution in [0.5, 0.6) is 0 Å². The molecule has 2 aliphatic heterocycles. The van der Waals surface area contributed by atoms with E-state index in [0.717, 1.165) is 66.3 Å². The lowest BCUT2D eigenvalue weighted by Gasteiger charge is -2.40. The molecule has 0 radical (unpaired) electrons. The van der Waals surface area contributed by atoms with E-state index in [1.165, 1.54) is 0 Å². The number of carboxylic acid groups (broad SMARTS) is 1. The van der Waals surface area contributed by atoms with Crippen LogP contribution in [0.4, 0.5) is 5.69 Å². The number of pyridine rings is 1. The number of nitrogens with one attached hydrogen (secondary N) is 1.